The van der Waals surface area contributed by atoms with Gasteiger partial charge in [-0.1, -0.05) is 130 Å². The maximum Gasteiger partial charge on any atom is 0.418 e. The monoisotopic (exact) mass is 637 g/mol. The van der Waals surface area contributed by atoms with Crippen LogP contribution in [0.2, 0.25) is 5.04 Å². The van der Waals surface area contributed by atoms with Crippen molar-refractivity contribution < 1.29 is 14.0 Å². The molecule has 0 radical (unpaired) electrons. The van der Waals surface area contributed by atoms with E-state index in [2.05, 4.69) is 99.6 Å². The summed E-state index contributed by atoms with van der Waals surface area (Å²) < 4.78 is 13.6. The van der Waals surface area contributed by atoms with Crippen molar-refractivity contribution in [3.63, 3.8) is 0 Å². The van der Waals surface area contributed by atoms with Gasteiger partial charge in [-0.3, -0.25) is 0 Å². The molecule has 0 aliphatic heterocycles. The fraction of sp³-hybridized carbons (Fsp3) is 0.262. The number of amides is 1. The number of carbonyl (C=O) groups is 1. The summed E-state index contributed by atoms with van der Waals surface area (Å²) >= 11 is 0. The Morgan fingerprint density at radius 1 is 0.745 bits per heavy atom. The number of rotatable bonds is 9. The first kappa shape index (κ1) is 31.0. The Hall–Kier alpha value is -4.61. The number of hydrogen-bond acceptors (Lipinski definition) is 3. The number of carbonyl (C=O) groups excluding carboxylic acids is 1. The van der Waals surface area contributed by atoms with Gasteiger partial charge in [0.2, 0.25) is 0 Å². The van der Waals surface area contributed by atoms with Gasteiger partial charge in [-0.05, 0) is 88.5 Å². The molecule has 5 heteroatoms. The second kappa shape index (κ2) is 12.5. The fourth-order valence-corrected chi connectivity index (χ4v) is 12.4. The van der Waals surface area contributed by atoms with Crippen molar-refractivity contribution in [2.24, 2.45) is 5.92 Å². The van der Waals surface area contributed by atoms with E-state index in [1.54, 1.807) is 4.90 Å². The van der Waals surface area contributed by atoms with Gasteiger partial charge in [0, 0.05) is 5.41 Å². The van der Waals surface area contributed by atoms with Crippen molar-refractivity contribution in [2.45, 2.75) is 56.9 Å². The molecule has 0 spiro atoms. The third-order valence-corrected chi connectivity index (χ3v) is 15.2. The molecule has 4 nitrogen and oxygen atoms in total. The molecule has 2 unspecified atom stereocenters. The quantitative estimate of drug-likeness (QED) is 0.151. The zero-order valence-corrected chi connectivity index (χ0v) is 28.6. The van der Waals surface area contributed by atoms with Gasteiger partial charge in [0.1, 0.15) is 5.75 Å². The minimum Gasteiger partial charge on any atom is -0.534 e. The van der Waals surface area contributed by atoms with Crippen LogP contribution in [0.15, 0.2) is 140 Å². The zero-order chi connectivity index (χ0) is 32.5. The number of anilines is 2. The van der Waals surface area contributed by atoms with Crippen LogP contribution in [0.3, 0.4) is 0 Å². The molecule has 5 aromatic carbocycles. The van der Waals surface area contributed by atoms with E-state index in [0.717, 1.165) is 42.8 Å². The SMILES string of the molecule is CC(C)(C)[Si](Oc1cccc2c1CCC1CC21CCOC(=O)N(c1ccccc1)c1ccccc1)(c1ccccc1)c1ccccc1. The molecule has 0 bridgehead atoms. The van der Waals surface area contributed by atoms with Gasteiger partial charge in [0.25, 0.3) is 0 Å². The van der Waals surface area contributed by atoms with E-state index in [9.17, 15) is 4.79 Å². The molecule has 2 atom stereocenters. The zero-order valence-electron chi connectivity index (χ0n) is 27.6. The molecule has 238 valence electrons. The molecule has 5 aromatic rings. The Morgan fingerprint density at radius 3 is 1.81 bits per heavy atom. The summed E-state index contributed by atoms with van der Waals surface area (Å²) in [7, 11) is -2.77. The molecular weight excluding hydrogens is 595 g/mol. The topological polar surface area (TPSA) is 38.8 Å². The second-order valence-electron chi connectivity index (χ2n) is 14.0. The molecule has 1 fully saturated rings. The van der Waals surface area contributed by atoms with Crippen LogP contribution in [0.1, 0.15) is 51.2 Å². The van der Waals surface area contributed by atoms with Gasteiger partial charge in [-0.15, -0.1) is 0 Å². The van der Waals surface area contributed by atoms with E-state index >= 15 is 0 Å². The van der Waals surface area contributed by atoms with Crippen LogP contribution in [0, 0.1) is 5.92 Å². The summed E-state index contributed by atoms with van der Waals surface area (Å²) in [5.74, 6) is 1.62. The van der Waals surface area contributed by atoms with E-state index in [1.165, 1.54) is 21.5 Å². The molecule has 0 N–H and O–H groups in total. The summed E-state index contributed by atoms with van der Waals surface area (Å²) in [6, 6.07) is 47.8. The fourth-order valence-electron chi connectivity index (χ4n) is 7.95. The van der Waals surface area contributed by atoms with Gasteiger partial charge in [-0.25, -0.2) is 9.69 Å². The third kappa shape index (κ3) is 5.67. The summed E-state index contributed by atoms with van der Waals surface area (Å²) in [4.78, 5) is 15.3. The first-order chi connectivity index (χ1) is 22.8. The standard InChI is InChI=1S/C42H43NO3Si/c1-41(2,3)47(35-21-12-6-13-22-35,36-23-14-7-15-24-36)46-39-26-16-25-38-37(39)28-27-32-31-42(32,38)29-30-45-40(44)43(33-17-8-4-9-18-33)34-19-10-5-11-20-34/h4-26,32H,27-31H2,1-3H3. The van der Waals surface area contributed by atoms with Gasteiger partial charge >= 0.3 is 14.4 Å². The highest BCUT2D eigenvalue weighted by molar-refractivity contribution is 7.00. The van der Waals surface area contributed by atoms with Crippen LogP contribution in [0.4, 0.5) is 16.2 Å². The molecule has 0 saturated heterocycles. The van der Waals surface area contributed by atoms with E-state index < -0.39 is 8.32 Å². The molecule has 7 rings (SSSR count). The highest BCUT2D eigenvalue weighted by Gasteiger charge is 2.58. The van der Waals surface area contributed by atoms with E-state index in [1.807, 2.05) is 60.7 Å². The van der Waals surface area contributed by atoms with E-state index in [4.69, 9.17) is 9.16 Å². The minimum atomic E-state index is -2.77. The minimum absolute atomic E-state index is 0.0169. The number of fused-ring (bicyclic) bond motifs is 3. The highest BCUT2D eigenvalue weighted by atomic mass is 28.4. The lowest BCUT2D eigenvalue weighted by Gasteiger charge is -2.44. The lowest BCUT2D eigenvalue weighted by Crippen LogP contribution is -2.69. The number of benzene rings is 5. The molecular formula is C42H43NO3Si. The highest BCUT2D eigenvalue weighted by Crippen LogP contribution is 2.63. The molecule has 47 heavy (non-hydrogen) atoms. The average Bonchev–Trinajstić information content (AvgIpc) is 3.83. The number of ether oxygens (including phenoxy) is 1. The Morgan fingerprint density at radius 2 is 1.28 bits per heavy atom. The normalized spacial score (nSPS) is 18.4. The summed E-state index contributed by atoms with van der Waals surface area (Å²) in [5.41, 5.74) is 4.31. The van der Waals surface area contributed by atoms with Crippen molar-refractivity contribution in [1.82, 2.24) is 0 Å². The maximum atomic E-state index is 13.6. The van der Waals surface area contributed by atoms with Crippen LogP contribution in [0.25, 0.3) is 0 Å². The first-order valence-corrected chi connectivity index (χ1v) is 18.7. The lowest BCUT2D eigenvalue weighted by molar-refractivity contribution is 0.150. The van der Waals surface area contributed by atoms with Crippen molar-refractivity contribution in [2.75, 3.05) is 11.5 Å². The molecule has 1 amide bonds. The van der Waals surface area contributed by atoms with Crippen LogP contribution in [-0.4, -0.2) is 21.0 Å². The van der Waals surface area contributed by atoms with Gasteiger partial charge in [0.05, 0.1) is 18.0 Å². The van der Waals surface area contributed by atoms with E-state index in [0.29, 0.717) is 12.5 Å². The summed E-state index contributed by atoms with van der Waals surface area (Å²) in [6.45, 7) is 7.35. The van der Waals surface area contributed by atoms with Crippen LogP contribution >= 0.6 is 0 Å². The molecule has 2 aliphatic rings. The first-order valence-electron chi connectivity index (χ1n) is 16.8. The smallest absolute Gasteiger partial charge is 0.418 e. The van der Waals surface area contributed by atoms with Crippen LogP contribution in [0.5, 0.6) is 5.75 Å². The predicted molar refractivity (Wildman–Crippen MR) is 194 cm³/mol. The lowest BCUT2D eigenvalue weighted by atomic mass is 9.80. The number of nitrogens with zero attached hydrogens (tertiary/aromatic N) is 1. The van der Waals surface area contributed by atoms with E-state index in [-0.39, 0.29) is 16.5 Å². The van der Waals surface area contributed by atoms with Crippen molar-refractivity contribution in [3.05, 3.63) is 151 Å². The van der Waals surface area contributed by atoms with Crippen LogP contribution < -0.4 is 19.7 Å². The summed E-state index contributed by atoms with van der Waals surface area (Å²) in [5, 5.41) is 2.43. The predicted octanol–water partition coefficient (Wildman–Crippen LogP) is 9.19. The van der Waals surface area contributed by atoms with Crippen molar-refractivity contribution >= 4 is 36.2 Å². The average molecular weight is 638 g/mol. The Kier molecular flexibility index (Phi) is 8.27. The Balaban J connectivity index is 1.18. The van der Waals surface area contributed by atoms with Crippen LogP contribution in [-0.2, 0) is 16.6 Å². The molecule has 0 heterocycles. The van der Waals surface area contributed by atoms with Gasteiger partial charge in [0.15, 0.2) is 0 Å². The third-order valence-electron chi connectivity index (χ3n) is 10.3. The largest absolute Gasteiger partial charge is 0.534 e. The Bertz CT molecular complexity index is 1740. The van der Waals surface area contributed by atoms with Crippen molar-refractivity contribution in [3.8, 4) is 5.75 Å². The maximum absolute atomic E-state index is 13.6. The second-order valence-corrected chi connectivity index (χ2v) is 18.2. The van der Waals surface area contributed by atoms with Crippen molar-refractivity contribution in [1.29, 1.82) is 0 Å². The number of para-hydroxylation sites is 2. The molecule has 1 saturated carbocycles. The summed E-state index contributed by atoms with van der Waals surface area (Å²) in [6.07, 6.45) is 3.71. The molecule has 2 aliphatic carbocycles. The number of hydrogen-bond donors (Lipinski definition) is 0. The van der Waals surface area contributed by atoms with Gasteiger partial charge < -0.3 is 9.16 Å². The molecule has 0 aromatic heterocycles. The Labute approximate surface area is 280 Å². The van der Waals surface area contributed by atoms with Gasteiger partial charge in [-0.2, -0.15) is 0 Å².